The van der Waals surface area contributed by atoms with Gasteiger partial charge in [0.05, 0.1) is 5.56 Å². The summed E-state index contributed by atoms with van der Waals surface area (Å²) >= 11 is -0.227. The predicted octanol–water partition coefficient (Wildman–Crippen LogP) is 2.68. The zero-order chi connectivity index (χ0) is 15.3. The van der Waals surface area contributed by atoms with E-state index in [1.807, 2.05) is 0 Å². The Labute approximate surface area is 117 Å². The minimum atomic E-state index is -4.33. The van der Waals surface area contributed by atoms with Crippen LogP contribution in [-0.2, 0) is 0 Å². The minimum absolute atomic E-state index is 0.0418. The third-order valence-corrected chi connectivity index (χ3v) is 2.98. The summed E-state index contributed by atoms with van der Waals surface area (Å²) in [6, 6.07) is 4.05. The highest BCUT2D eigenvalue weighted by Crippen LogP contribution is 2.29. The number of aromatic carboxylic acids is 1. The topological polar surface area (TPSA) is 66.4 Å². The summed E-state index contributed by atoms with van der Waals surface area (Å²) in [6.07, 6.45) is 0. The predicted molar refractivity (Wildman–Crippen MR) is 69.0 cm³/mol. The van der Waals surface area contributed by atoms with Gasteiger partial charge in [-0.25, -0.2) is 4.79 Å². The van der Waals surface area contributed by atoms with E-state index in [0.29, 0.717) is 5.56 Å². The molecule has 0 aliphatic rings. The first-order valence-electron chi connectivity index (χ1n) is 5.53. The van der Waals surface area contributed by atoms with Crippen molar-refractivity contribution in [2.24, 2.45) is 0 Å². The summed E-state index contributed by atoms with van der Waals surface area (Å²) in [5.74, 6) is -2.07. The fraction of sp³-hybridized carbons (Fsp3) is 0.333. The first-order valence-corrected chi connectivity index (χ1v) is 6.51. The van der Waals surface area contributed by atoms with E-state index in [1.54, 1.807) is 6.92 Å². The number of halogens is 3. The smallest absolute Gasteiger partial charge is 0.441 e. The zero-order valence-corrected chi connectivity index (χ0v) is 11.3. The van der Waals surface area contributed by atoms with Crippen molar-refractivity contribution in [2.45, 2.75) is 12.4 Å². The van der Waals surface area contributed by atoms with Crippen LogP contribution >= 0.6 is 11.8 Å². The lowest BCUT2D eigenvalue weighted by molar-refractivity contribution is -0.0327. The van der Waals surface area contributed by atoms with Crippen LogP contribution < -0.4 is 5.32 Å². The molecule has 0 bridgehead atoms. The molecule has 20 heavy (non-hydrogen) atoms. The van der Waals surface area contributed by atoms with Crippen LogP contribution in [0.4, 0.5) is 13.2 Å². The van der Waals surface area contributed by atoms with Crippen molar-refractivity contribution < 1.29 is 27.9 Å². The van der Waals surface area contributed by atoms with Crippen molar-refractivity contribution in [1.29, 1.82) is 0 Å². The molecule has 0 saturated carbocycles. The van der Waals surface area contributed by atoms with Crippen molar-refractivity contribution in [3.63, 3.8) is 0 Å². The van der Waals surface area contributed by atoms with Crippen molar-refractivity contribution in [1.82, 2.24) is 5.32 Å². The Hall–Kier alpha value is -1.70. The molecule has 0 aliphatic heterocycles. The van der Waals surface area contributed by atoms with E-state index in [9.17, 15) is 22.8 Å². The molecule has 1 aromatic rings. The molecule has 0 aliphatic carbocycles. The molecule has 110 valence electrons. The second-order valence-electron chi connectivity index (χ2n) is 3.94. The van der Waals surface area contributed by atoms with Gasteiger partial charge in [-0.15, -0.1) is 0 Å². The molecule has 8 heteroatoms. The normalized spacial score (nSPS) is 11.2. The number of hydrogen-bond donors (Lipinski definition) is 2. The quantitative estimate of drug-likeness (QED) is 0.821. The number of aryl methyl sites for hydroxylation is 1. The van der Waals surface area contributed by atoms with Crippen LogP contribution in [-0.4, -0.2) is 34.8 Å². The molecule has 4 nitrogen and oxygen atoms in total. The fourth-order valence-corrected chi connectivity index (χ4v) is 1.91. The third-order valence-electron chi connectivity index (χ3n) is 2.24. The van der Waals surface area contributed by atoms with Crippen molar-refractivity contribution in [3.8, 4) is 0 Å². The maximum atomic E-state index is 11.9. The molecule has 0 heterocycles. The Bertz CT molecular complexity index is 517. The lowest BCUT2D eigenvalue weighted by Crippen LogP contribution is -2.26. The number of hydrogen-bond acceptors (Lipinski definition) is 3. The van der Waals surface area contributed by atoms with Crippen LogP contribution in [0.1, 0.15) is 26.3 Å². The lowest BCUT2D eigenvalue weighted by atomic mass is 10.1. The van der Waals surface area contributed by atoms with E-state index in [0.717, 1.165) is 0 Å². The maximum Gasteiger partial charge on any atom is 0.441 e. The van der Waals surface area contributed by atoms with Gasteiger partial charge in [-0.1, -0.05) is 0 Å². The third kappa shape index (κ3) is 5.52. The lowest BCUT2D eigenvalue weighted by Gasteiger charge is -2.08. The molecular formula is C12H12F3NO3S. The number of carbonyl (C=O) groups excluding carboxylic acids is 1. The van der Waals surface area contributed by atoms with Crippen LogP contribution in [0.3, 0.4) is 0 Å². The van der Waals surface area contributed by atoms with E-state index < -0.39 is 17.4 Å². The van der Waals surface area contributed by atoms with Crippen LogP contribution in [0.25, 0.3) is 0 Å². The standard InChI is InChI=1S/C12H12F3NO3S/c1-7-4-8(6-9(5-7)11(18)19)10(17)16-2-3-20-12(13,14)15/h4-6H,2-3H2,1H3,(H,16,17)(H,18,19). The Morgan fingerprint density at radius 2 is 1.85 bits per heavy atom. The Kier molecular flexibility index (Phi) is 5.43. The van der Waals surface area contributed by atoms with Crippen LogP contribution in [0.15, 0.2) is 18.2 Å². The van der Waals surface area contributed by atoms with Gasteiger partial charge in [-0.2, -0.15) is 13.2 Å². The molecule has 0 saturated heterocycles. The molecule has 1 aromatic carbocycles. The van der Waals surface area contributed by atoms with E-state index in [4.69, 9.17) is 5.11 Å². The molecule has 0 unspecified atom stereocenters. The monoisotopic (exact) mass is 307 g/mol. The van der Waals surface area contributed by atoms with E-state index in [-0.39, 0.29) is 35.2 Å². The molecule has 1 rings (SSSR count). The van der Waals surface area contributed by atoms with E-state index in [2.05, 4.69) is 5.32 Å². The summed E-state index contributed by atoms with van der Waals surface area (Å²) < 4.78 is 35.6. The first-order chi connectivity index (χ1) is 9.19. The molecule has 0 fully saturated rings. The SMILES string of the molecule is Cc1cc(C(=O)O)cc(C(=O)NCCSC(F)(F)F)c1. The number of amides is 1. The number of carboxylic acid groups (broad SMARTS) is 1. The summed E-state index contributed by atoms with van der Waals surface area (Å²) in [6.45, 7) is 1.47. The number of carbonyl (C=O) groups is 2. The zero-order valence-electron chi connectivity index (χ0n) is 10.5. The number of rotatable bonds is 5. The highest BCUT2D eigenvalue weighted by atomic mass is 32.2. The molecule has 1 amide bonds. The average molecular weight is 307 g/mol. The van der Waals surface area contributed by atoms with Crippen LogP contribution in [0.2, 0.25) is 0 Å². The molecular weight excluding hydrogens is 295 g/mol. The minimum Gasteiger partial charge on any atom is -0.478 e. The number of benzene rings is 1. The number of nitrogens with one attached hydrogen (secondary N) is 1. The van der Waals surface area contributed by atoms with Crippen molar-refractivity contribution >= 4 is 23.6 Å². The second kappa shape index (κ2) is 6.65. The highest BCUT2D eigenvalue weighted by molar-refractivity contribution is 8.00. The highest BCUT2D eigenvalue weighted by Gasteiger charge is 2.27. The molecule has 0 spiro atoms. The average Bonchev–Trinajstić information content (AvgIpc) is 2.32. The molecule has 0 atom stereocenters. The molecule has 0 aromatic heterocycles. The van der Waals surface area contributed by atoms with Gasteiger partial charge in [-0.05, 0) is 42.4 Å². The van der Waals surface area contributed by atoms with Gasteiger partial charge in [-0.3, -0.25) is 4.79 Å². The number of thioether (sulfide) groups is 1. The van der Waals surface area contributed by atoms with Gasteiger partial charge in [0.1, 0.15) is 0 Å². The Morgan fingerprint density at radius 3 is 2.40 bits per heavy atom. The molecule has 2 N–H and O–H groups in total. The van der Waals surface area contributed by atoms with Gasteiger partial charge in [0.15, 0.2) is 0 Å². The van der Waals surface area contributed by atoms with Gasteiger partial charge >= 0.3 is 11.5 Å². The number of carboxylic acids is 1. The van der Waals surface area contributed by atoms with E-state index >= 15 is 0 Å². The van der Waals surface area contributed by atoms with Crippen molar-refractivity contribution in [2.75, 3.05) is 12.3 Å². The van der Waals surface area contributed by atoms with Gasteiger partial charge in [0.25, 0.3) is 5.91 Å². The molecule has 0 radical (unpaired) electrons. The summed E-state index contributed by atoms with van der Waals surface area (Å²) in [5, 5.41) is 11.2. The van der Waals surface area contributed by atoms with Gasteiger partial charge < -0.3 is 10.4 Å². The second-order valence-corrected chi connectivity index (χ2v) is 5.10. The van der Waals surface area contributed by atoms with Crippen LogP contribution in [0.5, 0.6) is 0 Å². The maximum absolute atomic E-state index is 11.9. The Morgan fingerprint density at radius 1 is 1.25 bits per heavy atom. The van der Waals surface area contributed by atoms with Crippen molar-refractivity contribution in [3.05, 3.63) is 34.9 Å². The first kappa shape index (κ1) is 16.4. The van der Waals surface area contributed by atoms with Gasteiger partial charge in [0.2, 0.25) is 0 Å². The largest absolute Gasteiger partial charge is 0.478 e. The Balaban J connectivity index is 2.62. The summed E-state index contributed by atoms with van der Waals surface area (Å²) in [5.41, 5.74) is -3.68. The van der Waals surface area contributed by atoms with Crippen LogP contribution in [0, 0.1) is 6.92 Å². The van der Waals surface area contributed by atoms with E-state index in [1.165, 1.54) is 18.2 Å². The summed E-state index contributed by atoms with van der Waals surface area (Å²) in [7, 11) is 0. The number of alkyl halides is 3. The fourth-order valence-electron chi connectivity index (χ4n) is 1.47. The van der Waals surface area contributed by atoms with Gasteiger partial charge in [0, 0.05) is 17.9 Å². The summed E-state index contributed by atoms with van der Waals surface area (Å²) in [4.78, 5) is 22.5.